The van der Waals surface area contributed by atoms with Crippen LogP contribution < -0.4 is 5.32 Å². The zero-order chi connectivity index (χ0) is 16.4. The average molecular weight is 396 g/mol. The van der Waals surface area contributed by atoms with Gasteiger partial charge in [0.05, 0.1) is 23.6 Å². The number of hydrogen-bond acceptors (Lipinski definition) is 5. The minimum Gasteiger partial charge on any atom is -0.356 e. The quantitative estimate of drug-likeness (QED) is 0.718. The van der Waals surface area contributed by atoms with Crippen molar-refractivity contribution in [3.63, 3.8) is 0 Å². The van der Waals surface area contributed by atoms with Gasteiger partial charge in [-0.25, -0.2) is 0 Å². The monoisotopic (exact) mass is 395 g/mol. The Hall–Kier alpha value is -1.86. The molecule has 3 heterocycles. The smallest absolute Gasteiger partial charge is 0.167 e. The van der Waals surface area contributed by atoms with Gasteiger partial charge in [0.2, 0.25) is 0 Å². The first-order valence-corrected chi connectivity index (χ1v) is 8.24. The third-order valence-electron chi connectivity index (χ3n) is 4.20. The van der Waals surface area contributed by atoms with Crippen LogP contribution in [0, 0.1) is 0 Å². The molecule has 0 radical (unpaired) electrons. The Labute approximate surface area is 165 Å². The minimum atomic E-state index is 0. The molecule has 3 aromatic rings. The number of aromatic nitrogens is 3. The summed E-state index contributed by atoms with van der Waals surface area (Å²) in [7, 11) is 2.08. The molecule has 0 amide bonds. The van der Waals surface area contributed by atoms with Gasteiger partial charge in [0.1, 0.15) is 0 Å². The molecule has 1 aromatic carbocycles. The molecule has 0 aliphatic carbocycles. The Morgan fingerprint density at radius 2 is 1.88 bits per heavy atom. The van der Waals surface area contributed by atoms with E-state index in [2.05, 4.69) is 38.3 Å². The zero-order valence-electron chi connectivity index (χ0n) is 14.6. The topological polar surface area (TPSA) is 59.1 Å². The SMILES string of the molecule is CN(Cc1cc(-c2ccccc2)on1)Cc1cc2n(n1)CCNC2.Cl.Cl. The zero-order valence-corrected chi connectivity index (χ0v) is 16.2. The van der Waals surface area contributed by atoms with Crippen LogP contribution in [-0.2, 0) is 26.2 Å². The maximum Gasteiger partial charge on any atom is 0.167 e. The number of fused-ring (bicyclic) bond motifs is 1. The summed E-state index contributed by atoms with van der Waals surface area (Å²) in [6.07, 6.45) is 0. The van der Waals surface area contributed by atoms with E-state index in [0.717, 1.165) is 55.4 Å². The number of benzene rings is 1. The van der Waals surface area contributed by atoms with Gasteiger partial charge in [0.25, 0.3) is 0 Å². The van der Waals surface area contributed by atoms with Gasteiger partial charge < -0.3 is 9.84 Å². The highest BCUT2D eigenvalue weighted by Crippen LogP contribution is 2.20. The number of nitrogens with zero attached hydrogens (tertiary/aromatic N) is 4. The standard InChI is InChI=1S/C18H21N5O.2ClH/c1-22(12-15-9-17-11-19-7-8-23(17)20-15)13-16-10-18(24-21-16)14-5-3-2-4-6-14;;/h2-6,9-10,19H,7-8,11-13H2,1H3;2*1H. The Balaban J connectivity index is 0.00000121. The van der Waals surface area contributed by atoms with Crippen LogP contribution in [-0.4, -0.2) is 33.4 Å². The summed E-state index contributed by atoms with van der Waals surface area (Å²) in [5.41, 5.74) is 4.34. The summed E-state index contributed by atoms with van der Waals surface area (Å²) < 4.78 is 7.56. The number of halogens is 2. The molecule has 0 unspecified atom stereocenters. The fourth-order valence-corrected chi connectivity index (χ4v) is 3.06. The highest BCUT2D eigenvalue weighted by molar-refractivity contribution is 5.85. The first-order valence-electron chi connectivity index (χ1n) is 8.24. The van der Waals surface area contributed by atoms with E-state index in [-0.39, 0.29) is 24.8 Å². The molecular weight excluding hydrogens is 373 g/mol. The molecule has 0 saturated carbocycles. The maximum atomic E-state index is 5.46. The first-order chi connectivity index (χ1) is 11.8. The van der Waals surface area contributed by atoms with Crippen LogP contribution in [0.5, 0.6) is 0 Å². The Kier molecular flexibility index (Phi) is 7.23. The average Bonchev–Trinajstić information content (AvgIpc) is 3.21. The lowest BCUT2D eigenvalue weighted by molar-refractivity contribution is 0.299. The predicted molar refractivity (Wildman–Crippen MR) is 106 cm³/mol. The van der Waals surface area contributed by atoms with E-state index in [9.17, 15) is 0 Å². The van der Waals surface area contributed by atoms with Crippen molar-refractivity contribution in [3.8, 4) is 11.3 Å². The Morgan fingerprint density at radius 3 is 2.65 bits per heavy atom. The lowest BCUT2D eigenvalue weighted by Crippen LogP contribution is -2.28. The molecule has 1 aliphatic rings. The van der Waals surface area contributed by atoms with E-state index in [1.165, 1.54) is 5.69 Å². The Morgan fingerprint density at radius 1 is 1.12 bits per heavy atom. The van der Waals surface area contributed by atoms with Gasteiger partial charge in [0.15, 0.2) is 5.76 Å². The largest absolute Gasteiger partial charge is 0.356 e. The summed E-state index contributed by atoms with van der Waals surface area (Å²) in [5.74, 6) is 0.808. The molecule has 4 rings (SSSR count). The molecule has 1 aliphatic heterocycles. The van der Waals surface area contributed by atoms with Crippen LogP contribution in [0.25, 0.3) is 11.3 Å². The minimum absolute atomic E-state index is 0. The number of rotatable bonds is 5. The van der Waals surface area contributed by atoms with Crippen LogP contribution >= 0.6 is 24.8 Å². The fraction of sp³-hybridized carbons (Fsp3) is 0.333. The summed E-state index contributed by atoms with van der Waals surface area (Å²) in [6, 6.07) is 14.2. The molecule has 1 N–H and O–H groups in total. The second-order valence-corrected chi connectivity index (χ2v) is 6.25. The van der Waals surface area contributed by atoms with E-state index in [0.29, 0.717) is 0 Å². The highest BCUT2D eigenvalue weighted by Gasteiger charge is 2.14. The normalized spacial score (nSPS) is 13.0. The Bertz CT molecular complexity index is 795. The van der Waals surface area contributed by atoms with Gasteiger partial charge in [-0.1, -0.05) is 35.5 Å². The van der Waals surface area contributed by atoms with Crippen molar-refractivity contribution in [3.05, 3.63) is 59.5 Å². The van der Waals surface area contributed by atoms with E-state index in [1.54, 1.807) is 0 Å². The molecule has 8 heteroatoms. The highest BCUT2D eigenvalue weighted by atomic mass is 35.5. The van der Waals surface area contributed by atoms with Gasteiger partial charge in [-0.2, -0.15) is 5.10 Å². The van der Waals surface area contributed by atoms with Gasteiger partial charge in [-0.15, -0.1) is 24.8 Å². The summed E-state index contributed by atoms with van der Waals surface area (Å²) in [5, 5.41) is 12.2. The summed E-state index contributed by atoms with van der Waals surface area (Å²) >= 11 is 0. The predicted octanol–water partition coefficient (Wildman–Crippen LogP) is 3.12. The van der Waals surface area contributed by atoms with Crippen molar-refractivity contribution >= 4 is 24.8 Å². The molecule has 0 bridgehead atoms. The molecule has 26 heavy (non-hydrogen) atoms. The van der Waals surface area contributed by atoms with Gasteiger partial charge in [0, 0.05) is 37.8 Å². The van der Waals surface area contributed by atoms with Gasteiger partial charge >= 0.3 is 0 Å². The van der Waals surface area contributed by atoms with E-state index >= 15 is 0 Å². The first kappa shape index (κ1) is 20.5. The van der Waals surface area contributed by atoms with E-state index in [1.807, 2.05) is 36.4 Å². The molecule has 140 valence electrons. The van der Waals surface area contributed by atoms with Crippen LogP contribution in [0.15, 0.2) is 47.0 Å². The third kappa shape index (κ3) is 4.65. The number of hydrogen-bond donors (Lipinski definition) is 1. The molecule has 2 aromatic heterocycles. The van der Waals surface area contributed by atoms with Crippen molar-refractivity contribution in [2.45, 2.75) is 26.2 Å². The van der Waals surface area contributed by atoms with Crippen LogP contribution in [0.1, 0.15) is 17.1 Å². The van der Waals surface area contributed by atoms with Crippen LogP contribution in [0.3, 0.4) is 0 Å². The summed E-state index contributed by atoms with van der Waals surface area (Å²) in [6.45, 7) is 4.37. The fourth-order valence-electron chi connectivity index (χ4n) is 3.06. The van der Waals surface area contributed by atoms with Crippen molar-refractivity contribution in [2.24, 2.45) is 0 Å². The van der Waals surface area contributed by atoms with Gasteiger partial charge in [-0.3, -0.25) is 9.58 Å². The van der Waals surface area contributed by atoms with Crippen molar-refractivity contribution in [2.75, 3.05) is 13.6 Å². The van der Waals surface area contributed by atoms with Crippen molar-refractivity contribution < 1.29 is 4.52 Å². The molecular formula is C18H23Cl2N5O. The molecule has 0 saturated heterocycles. The molecule has 0 spiro atoms. The summed E-state index contributed by atoms with van der Waals surface area (Å²) in [4.78, 5) is 2.20. The van der Waals surface area contributed by atoms with Crippen LogP contribution in [0.2, 0.25) is 0 Å². The second-order valence-electron chi connectivity index (χ2n) is 6.25. The van der Waals surface area contributed by atoms with E-state index in [4.69, 9.17) is 4.52 Å². The third-order valence-corrected chi connectivity index (χ3v) is 4.20. The number of nitrogens with one attached hydrogen (secondary N) is 1. The van der Waals surface area contributed by atoms with Gasteiger partial charge in [-0.05, 0) is 13.1 Å². The van der Waals surface area contributed by atoms with E-state index < -0.39 is 0 Å². The second kappa shape index (κ2) is 9.19. The molecule has 0 atom stereocenters. The van der Waals surface area contributed by atoms with Crippen molar-refractivity contribution in [1.82, 2.24) is 25.2 Å². The van der Waals surface area contributed by atoms with Crippen LogP contribution in [0.4, 0.5) is 0 Å². The lowest BCUT2D eigenvalue weighted by atomic mass is 10.1. The maximum absolute atomic E-state index is 5.46. The lowest BCUT2D eigenvalue weighted by Gasteiger charge is -2.14. The molecule has 6 nitrogen and oxygen atoms in total. The van der Waals surface area contributed by atoms with Crippen molar-refractivity contribution in [1.29, 1.82) is 0 Å². The molecule has 0 fully saturated rings.